The van der Waals surface area contributed by atoms with Crippen LogP contribution in [0.2, 0.25) is 0 Å². The van der Waals surface area contributed by atoms with E-state index in [1.807, 2.05) is 6.92 Å². The summed E-state index contributed by atoms with van der Waals surface area (Å²) in [5.41, 5.74) is 0.807. The van der Waals surface area contributed by atoms with Gasteiger partial charge in [-0.25, -0.2) is 4.98 Å². The van der Waals surface area contributed by atoms with E-state index in [1.165, 1.54) is 11.3 Å². The van der Waals surface area contributed by atoms with Crippen molar-refractivity contribution in [1.82, 2.24) is 15.2 Å². The summed E-state index contributed by atoms with van der Waals surface area (Å²) in [6.07, 6.45) is 1.95. The Balaban J connectivity index is 2.00. The van der Waals surface area contributed by atoms with Crippen molar-refractivity contribution in [2.45, 2.75) is 26.7 Å². The van der Waals surface area contributed by atoms with Crippen molar-refractivity contribution in [2.75, 3.05) is 20.1 Å². The lowest BCUT2D eigenvalue weighted by molar-refractivity contribution is -0.128. The molecule has 2 heterocycles. The van der Waals surface area contributed by atoms with E-state index in [2.05, 4.69) is 17.2 Å². The molecule has 104 valence electrons. The molecular formula is C13H19N3O2S. The minimum Gasteiger partial charge on any atom is -0.359 e. The maximum Gasteiger partial charge on any atom is 0.265 e. The summed E-state index contributed by atoms with van der Waals surface area (Å²) in [4.78, 5) is 30.5. The maximum atomic E-state index is 12.3. The third-order valence-corrected chi connectivity index (χ3v) is 4.49. The minimum atomic E-state index is -0.0581. The van der Waals surface area contributed by atoms with Crippen molar-refractivity contribution in [3.63, 3.8) is 0 Å². The van der Waals surface area contributed by atoms with Gasteiger partial charge in [-0.1, -0.05) is 6.92 Å². The molecule has 0 aromatic carbocycles. The Morgan fingerprint density at radius 1 is 1.47 bits per heavy atom. The van der Waals surface area contributed by atoms with E-state index in [4.69, 9.17) is 0 Å². The van der Waals surface area contributed by atoms with Gasteiger partial charge < -0.3 is 10.2 Å². The van der Waals surface area contributed by atoms with Crippen LogP contribution in [0.4, 0.5) is 0 Å². The molecule has 0 bridgehead atoms. The Morgan fingerprint density at radius 3 is 2.74 bits per heavy atom. The molecule has 1 N–H and O–H groups in total. The van der Waals surface area contributed by atoms with E-state index < -0.39 is 0 Å². The van der Waals surface area contributed by atoms with E-state index in [0.717, 1.165) is 28.4 Å². The quantitative estimate of drug-likeness (QED) is 0.902. The number of nitrogens with one attached hydrogen (secondary N) is 1. The first-order valence-electron chi connectivity index (χ1n) is 6.54. The SMILES string of the molecule is CCCc1nc(C)c(C(=O)N2CC(C(=O)NC)C2)s1. The van der Waals surface area contributed by atoms with Crippen LogP contribution >= 0.6 is 11.3 Å². The fraction of sp³-hybridized carbons (Fsp3) is 0.615. The number of aromatic nitrogens is 1. The first kappa shape index (κ1) is 14.0. The first-order valence-corrected chi connectivity index (χ1v) is 7.35. The number of hydrogen-bond acceptors (Lipinski definition) is 4. The van der Waals surface area contributed by atoms with Crippen LogP contribution in [-0.4, -0.2) is 41.8 Å². The lowest BCUT2D eigenvalue weighted by atomic mass is 9.99. The molecule has 0 aliphatic carbocycles. The molecule has 2 rings (SSSR count). The summed E-state index contributed by atoms with van der Waals surface area (Å²) in [7, 11) is 1.62. The van der Waals surface area contributed by atoms with Crippen LogP contribution in [-0.2, 0) is 11.2 Å². The zero-order chi connectivity index (χ0) is 14.0. The Hall–Kier alpha value is -1.43. The molecule has 0 spiro atoms. The highest BCUT2D eigenvalue weighted by molar-refractivity contribution is 7.13. The summed E-state index contributed by atoms with van der Waals surface area (Å²) in [5, 5.41) is 3.63. The van der Waals surface area contributed by atoms with Crippen molar-refractivity contribution >= 4 is 23.2 Å². The monoisotopic (exact) mass is 281 g/mol. The van der Waals surface area contributed by atoms with Gasteiger partial charge in [0.15, 0.2) is 0 Å². The van der Waals surface area contributed by atoms with Gasteiger partial charge in [0, 0.05) is 20.1 Å². The number of aryl methyl sites for hydroxylation is 2. The Bertz CT molecular complexity index is 492. The number of amides is 2. The van der Waals surface area contributed by atoms with Crippen LogP contribution in [0.1, 0.15) is 33.7 Å². The molecule has 1 aromatic heterocycles. The summed E-state index contributed by atoms with van der Waals surface area (Å²) >= 11 is 1.48. The van der Waals surface area contributed by atoms with Gasteiger partial charge in [-0.05, 0) is 19.8 Å². The summed E-state index contributed by atoms with van der Waals surface area (Å²) in [6.45, 7) is 5.00. The molecule has 5 nitrogen and oxygen atoms in total. The molecule has 2 amide bonds. The lowest BCUT2D eigenvalue weighted by Gasteiger charge is -2.37. The molecule has 6 heteroatoms. The van der Waals surface area contributed by atoms with Crippen LogP contribution in [0.3, 0.4) is 0 Å². The van der Waals surface area contributed by atoms with E-state index in [9.17, 15) is 9.59 Å². The Kier molecular flexibility index (Phi) is 4.19. The van der Waals surface area contributed by atoms with Crippen LogP contribution in [0, 0.1) is 12.8 Å². The molecule has 0 radical (unpaired) electrons. The van der Waals surface area contributed by atoms with E-state index >= 15 is 0 Å². The molecule has 0 saturated carbocycles. The van der Waals surface area contributed by atoms with Crippen molar-refractivity contribution in [1.29, 1.82) is 0 Å². The highest BCUT2D eigenvalue weighted by atomic mass is 32.1. The van der Waals surface area contributed by atoms with Gasteiger partial charge in [0.05, 0.1) is 16.6 Å². The number of rotatable bonds is 4. The van der Waals surface area contributed by atoms with Crippen molar-refractivity contribution in [3.8, 4) is 0 Å². The average Bonchev–Trinajstić information content (AvgIpc) is 2.68. The molecule has 0 atom stereocenters. The second-order valence-corrected chi connectivity index (χ2v) is 5.88. The van der Waals surface area contributed by atoms with Crippen molar-refractivity contribution < 1.29 is 9.59 Å². The molecule has 1 saturated heterocycles. The van der Waals surface area contributed by atoms with Gasteiger partial charge in [-0.15, -0.1) is 11.3 Å². The molecule has 0 unspecified atom stereocenters. The largest absolute Gasteiger partial charge is 0.359 e. The number of hydrogen-bond donors (Lipinski definition) is 1. The fourth-order valence-corrected chi connectivity index (χ4v) is 3.26. The second-order valence-electron chi connectivity index (χ2n) is 4.79. The van der Waals surface area contributed by atoms with Crippen LogP contribution < -0.4 is 5.32 Å². The number of carbonyl (C=O) groups is 2. The van der Waals surface area contributed by atoms with E-state index in [-0.39, 0.29) is 17.7 Å². The van der Waals surface area contributed by atoms with Gasteiger partial charge in [0.1, 0.15) is 4.88 Å². The fourth-order valence-electron chi connectivity index (χ4n) is 2.13. The molecule has 1 aliphatic rings. The zero-order valence-corrected chi connectivity index (χ0v) is 12.3. The summed E-state index contributed by atoms with van der Waals surface area (Å²) in [6, 6.07) is 0. The standard InChI is InChI=1S/C13H19N3O2S/c1-4-5-10-15-8(2)11(19-10)13(18)16-6-9(7-16)12(17)14-3/h9H,4-7H2,1-3H3,(H,14,17). The van der Waals surface area contributed by atoms with E-state index in [1.54, 1.807) is 11.9 Å². The Morgan fingerprint density at radius 2 is 2.16 bits per heavy atom. The molecule has 19 heavy (non-hydrogen) atoms. The third kappa shape index (κ3) is 2.78. The minimum absolute atomic E-state index is 0.0109. The van der Waals surface area contributed by atoms with Gasteiger partial charge in [-0.3, -0.25) is 9.59 Å². The van der Waals surface area contributed by atoms with Gasteiger partial charge in [0.2, 0.25) is 5.91 Å². The summed E-state index contributed by atoms with van der Waals surface area (Å²) in [5.74, 6) is -0.0356. The number of nitrogens with zero attached hydrogens (tertiary/aromatic N) is 2. The topological polar surface area (TPSA) is 62.3 Å². The predicted molar refractivity (Wildman–Crippen MR) is 74.3 cm³/mol. The predicted octanol–water partition coefficient (Wildman–Crippen LogP) is 1.22. The average molecular weight is 281 g/mol. The molecule has 1 aromatic rings. The zero-order valence-electron chi connectivity index (χ0n) is 11.5. The smallest absolute Gasteiger partial charge is 0.265 e. The van der Waals surface area contributed by atoms with Gasteiger partial charge in [-0.2, -0.15) is 0 Å². The molecule has 1 fully saturated rings. The summed E-state index contributed by atoms with van der Waals surface area (Å²) < 4.78 is 0. The first-order chi connectivity index (χ1) is 9.06. The van der Waals surface area contributed by atoms with E-state index in [0.29, 0.717) is 13.1 Å². The maximum absolute atomic E-state index is 12.3. The van der Waals surface area contributed by atoms with Crippen molar-refractivity contribution in [3.05, 3.63) is 15.6 Å². The molecular weight excluding hydrogens is 262 g/mol. The second kappa shape index (κ2) is 5.69. The Labute approximate surface area is 117 Å². The van der Waals surface area contributed by atoms with Crippen LogP contribution in [0.15, 0.2) is 0 Å². The number of likely N-dealkylation sites (tertiary alicyclic amines) is 1. The van der Waals surface area contributed by atoms with Crippen molar-refractivity contribution in [2.24, 2.45) is 5.92 Å². The normalized spacial score (nSPS) is 15.2. The highest BCUT2D eigenvalue weighted by Gasteiger charge is 2.36. The third-order valence-electron chi connectivity index (χ3n) is 3.28. The van der Waals surface area contributed by atoms with Crippen LogP contribution in [0.5, 0.6) is 0 Å². The molecule has 1 aliphatic heterocycles. The number of carbonyl (C=O) groups excluding carboxylic acids is 2. The van der Waals surface area contributed by atoms with Gasteiger partial charge in [0.25, 0.3) is 5.91 Å². The lowest BCUT2D eigenvalue weighted by Crippen LogP contribution is -2.55. The number of thiazole rings is 1. The van der Waals surface area contributed by atoms with Gasteiger partial charge >= 0.3 is 0 Å². The van der Waals surface area contributed by atoms with Crippen LogP contribution in [0.25, 0.3) is 0 Å². The highest BCUT2D eigenvalue weighted by Crippen LogP contribution is 2.25.